The highest BCUT2D eigenvalue weighted by Crippen LogP contribution is 2.40. The summed E-state index contributed by atoms with van der Waals surface area (Å²) in [5.41, 5.74) is -1.15. The van der Waals surface area contributed by atoms with Crippen LogP contribution in [-0.4, -0.2) is 37.8 Å². The molecule has 2 aromatic rings. The largest absolute Gasteiger partial charge is 0.493 e. The molecule has 2 N–H and O–H groups in total. The first-order valence-corrected chi connectivity index (χ1v) is 8.17. The third-order valence-corrected chi connectivity index (χ3v) is 3.78. The van der Waals surface area contributed by atoms with Crippen molar-refractivity contribution in [3.63, 3.8) is 0 Å². The van der Waals surface area contributed by atoms with Gasteiger partial charge in [0.25, 0.3) is 5.91 Å². The number of carbonyl (C=O) groups excluding carboxylic acids is 1. The van der Waals surface area contributed by atoms with Crippen LogP contribution in [-0.2, 0) is 10.7 Å². The highest BCUT2D eigenvalue weighted by Gasteiger charge is 2.43. The van der Waals surface area contributed by atoms with Gasteiger partial charge >= 0.3 is 11.9 Å². The SMILES string of the molecule is CCOc1ccccc1C(F)(F)C(=O)Nc1cc(C(=O)O)cc(OC)c1OC. The van der Waals surface area contributed by atoms with Gasteiger partial charge in [-0.3, -0.25) is 4.79 Å². The lowest BCUT2D eigenvalue weighted by Gasteiger charge is -2.21. The maximum absolute atomic E-state index is 14.8. The molecule has 0 aliphatic carbocycles. The molecule has 0 aliphatic heterocycles. The molecule has 0 fully saturated rings. The molecule has 0 saturated heterocycles. The van der Waals surface area contributed by atoms with Crippen molar-refractivity contribution in [2.24, 2.45) is 0 Å². The fraction of sp³-hybridized carbons (Fsp3) is 0.263. The zero-order valence-corrected chi connectivity index (χ0v) is 15.4. The number of hydrogen-bond acceptors (Lipinski definition) is 5. The quantitative estimate of drug-likeness (QED) is 0.710. The highest BCUT2D eigenvalue weighted by atomic mass is 19.3. The fourth-order valence-electron chi connectivity index (χ4n) is 2.51. The van der Waals surface area contributed by atoms with Gasteiger partial charge in [-0.2, -0.15) is 8.78 Å². The van der Waals surface area contributed by atoms with Gasteiger partial charge in [0.1, 0.15) is 5.75 Å². The van der Waals surface area contributed by atoms with Crippen molar-refractivity contribution in [2.75, 3.05) is 26.1 Å². The maximum atomic E-state index is 14.8. The number of alkyl halides is 2. The Morgan fingerprint density at radius 3 is 2.36 bits per heavy atom. The van der Waals surface area contributed by atoms with Crippen molar-refractivity contribution in [1.82, 2.24) is 0 Å². The second-order valence-electron chi connectivity index (χ2n) is 5.52. The average Bonchev–Trinajstić information content (AvgIpc) is 2.67. The zero-order valence-electron chi connectivity index (χ0n) is 15.4. The lowest BCUT2D eigenvalue weighted by atomic mass is 10.1. The van der Waals surface area contributed by atoms with Crippen LogP contribution in [0.15, 0.2) is 36.4 Å². The molecule has 150 valence electrons. The third-order valence-electron chi connectivity index (χ3n) is 3.78. The van der Waals surface area contributed by atoms with Crippen LogP contribution in [0.25, 0.3) is 0 Å². The number of carbonyl (C=O) groups is 2. The number of nitrogens with one attached hydrogen (secondary N) is 1. The van der Waals surface area contributed by atoms with E-state index in [0.29, 0.717) is 0 Å². The van der Waals surface area contributed by atoms with Gasteiger partial charge in [0.05, 0.1) is 37.6 Å². The first kappa shape index (κ1) is 20.9. The standard InChI is InChI=1S/C19H19F2NO6/c1-4-28-14-8-6-5-7-12(14)19(20,21)18(25)22-13-9-11(17(23)24)10-15(26-2)16(13)27-3/h5-10H,4H2,1-3H3,(H,22,25)(H,23,24). The van der Waals surface area contributed by atoms with E-state index in [2.05, 4.69) is 0 Å². The van der Waals surface area contributed by atoms with Crippen LogP contribution in [0.1, 0.15) is 22.8 Å². The van der Waals surface area contributed by atoms with E-state index in [1.54, 1.807) is 6.92 Å². The number of methoxy groups -OCH3 is 2. The molecule has 0 heterocycles. The number of carboxylic acid groups (broad SMARTS) is 1. The van der Waals surface area contributed by atoms with Crippen LogP contribution in [0, 0.1) is 0 Å². The lowest BCUT2D eigenvalue weighted by molar-refractivity contribution is -0.141. The summed E-state index contributed by atoms with van der Waals surface area (Å²) in [4.78, 5) is 23.6. The number of benzene rings is 2. The zero-order chi connectivity index (χ0) is 20.9. The Morgan fingerprint density at radius 1 is 1.11 bits per heavy atom. The number of carboxylic acids is 1. The van der Waals surface area contributed by atoms with Crippen LogP contribution >= 0.6 is 0 Å². The highest BCUT2D eigenvalue weighted by molar-refractivity contribution is 6.00. The molecule has 2 rings (SSSR count). The first-order chi connectivity index (χ1) is 13.3. The molecule has 0 aliphatic rings. The fourth-order valence-corrected chi connectivity index (χ4v) is 2.51. The molecule has 9 heteroatoms. The van der Waals surface area contributed by atoms with Crippen LogP contribution in [0.5, 0.6) is 17.2 Å². The van der Waals surface area contributed by atoms with E-state index in [1.165, 1.54) is 32.4 Å². The molecule has 1 amide bonds. The van der Waals surface area contributed by atoms with E-state index in [0.717, 1.165) is 18.2 Å². The van der Waals surface area contributed by atoms with Gasteiger partial charge in [-0.25, -0.2) is 4.79 Å². The minimum atomic E-state index is -3.96. The van der Waals surface area contributed by atoms with Gasteiger partial charge in [-0.1, -0.05) is 12.1 Å². The van der Waals surface area contributed by atoms with E-state index in [9.17, 15) is 23.5 Å². The number of rotatable bonds is 8. The minimum absolute atomic E-state index is 0.0317. The second-order valence-corrected chi connectivity index (χ2v) is 5.52. The topological polar surface area (TPSA) is 94.1 Å². The molecule has 0 bridgehead atoms. The molecule has 0 unspecified atom stereocenters. The van der Waals surface area contributed by atoms with Crippen molar-refractivity contribution >= 4 is 17.6 Å². The molecular weight excluding hydrogens is 376 g/mol. The molecule has 2 aromatic carbocycles. The first-order valence-electron chi connectivity index (χ1n) is 8.17. The summed E-state index contributed by atoms with van der Waals surface area (Å²) in [7, 11) is 2.48. The molecule has 0 aromatic heterocycles. The van der Waals surface area contributed by atoms with Crippen LogP contribution in [0.3, 0.4) is 0 Å². The summed E-state index contributed by atoms with van der Waals surface area (Å²) < 4.78 is 44.9. The van der Waals surface area contributed by atoms with Crippen molar-refractivity contribution in [3.8, 4) is 17.2 Å². The van der Waals surface area contributed by atoms with Gasteiger partial charge in [0.15, 0.2) is 11.5 Å². The predicted octanol–water partition coefficient (Wildman–Crippen LogP) is 3.53. The van der Waals surface area contributed by atoms with Crippen LogP contribution < -0.4 is 19.5 Å². The molecule has 0 saturated carbocycles. The average molecular weight is 395 g/mol. The summed E-state index contributed by atoms with van der Waals surface area (Å²) in [6.45, 7) is 1.77. The molecule has 0 radical (unpaired) electrons. The summed E-state index contributed by atoms with van der Waals surface area (Å²) in [6, 6.07) is 7.43. The Morgan fingerprint density at radius 2 is 1.79 bits per heavy atom. The predicted molar refractivity (Wildman–Crippen MR) is 96.6 cm³/mol. The molecule has 0 atom stereocenters. The number of aromatic carboxylic acids is 1. The summed E-state index contributed by atoms with van der Waals surface area (Å²) in [6.07, 6.45) is 0. The Labute approximate surface area is 159 Å². The van der Waals surface area contributed by atoms with E-state index >= 15 is 0 Å². The summed E-state index contributed by atoms with van der Waals surface area (Å²) in [5.74, 6) is -7.21. The Kier molecular flexibility index (Phi) is 6.40. The summed E-state index contributed by atoms with van der Waals surface area (Å²) in [5, 5.41) is 11.2. The van der Waals surface area contributed by atoms with Gasteiger partial charge in [-0.05, 0) is 31.2 Å². The Bertz CT molecular complexity index is 885. The van der Waals surface area contributed by atoms with E-state index in [1.807, 2.05) is 5.32 Å². The van der Waals surface area contributed by atoms with Gasteiger partial charge in [0.2, 0.25) is 0 Å². The summed E-state index contributed by atoms with van der Waals surface area (Å²) >= 11 is 0. The Balaban J connectivity index is 2.46. The maximum Gasteiger partial charge on any atom is 0.353 e. The molecule has 0 spiro atoms. The van der Waals surface area contributed by atoms with Gasteiger partial charge in [-0.15, -0.1) is 0 Å². The number of amides is 1. The van der Waals surface area contributed by atoms with Crippen LogP contribution in [0.2, 0.25) is 0 Å². The van der Waals surface area contributed by atoms with E-state index in [-0.39, 0.29) is 35.1 Å². The van der Waals surface area contributed by atoms with Crippen molar-refractivity contribution < 1.29 is 37.7 Å². The number of ether oxygens (including phenoxy) is 3. The smallest absolute Gasteiger partial charge is 0.353 e. The van der Waals surface area contributed by atoms with Gasteiger partial charge in [0, 0.05) is 0 Å². The van der Waals surface area contributed by atoms with Crippen molar-refractivity contribution in [1.29, 1.82) is 0 Å². The van der Waals surface area contributed by atoms with E-state index in [4.69, 9.17) is 14.2 Å². The normalized spacial score (nSPS) is 10.9. The van der Waals surface area contributed by atoms with Crippen molar-refractivity contribution in [3.05, 3.63) is 47.5 Å². The third kappa shape index (κ3) is 4.13. The second kappa shape index (κ2) is 8.55. The minimum Gasteiger partial charge on any atom is -0.493 e. The molecule has 7 nitrogen and oxygen atoms in total. The Hall–Kier alpha value is -3.36. The van der Waals surface area contributed by atoms with Gasteiger partial charge < -0.3 is 24.6 Å². The molecule has 28 heavy (non-hydrogen) atoms. The monoisotopic (exact) mass is 395 g/mol. The molecular formula is C19H19F2NO6. The van der Waals surface area contributed by atoms with E-state index < -0.39 is 23.4 Å². The number of para-hydroxylation sites is 1. The lowest BCUT2D eigenvalue weighted by Crippen LogP contribution is -2.33. The number of hydrogen-bond donors (Lipinski definition) is 2. The van der Waals surface area contributed by atoms with Crippen LogP contribution in [0.4, 0.5) is 14.5 Å². The number of anilines is 1. The number of halogens is 2. The van der Waals surface area contributed by atoms with Crippen molar-refractivity contribution in [2.45, 2.75) is 12.8 Å².